The molecule has 6 heteroatoms. The molecule has 1 rings (SSSR count). The van der Waals surface area contributed by atoms with E-state index in [1.54, 1.807) is 11.9 Å². The maximum Gasteiger partial charge on any atom is 0.410 e. The fourth-order valence-electron chi connectivity index (χ4n) is 2.38. The second-order valence-electron chi connectivity index (χ2n) is 7.07. The number of ether oxygens (including phenoxy) is 2. The second kappa shape index (κ2) is 9.33. The second-order valence-corrected chi connectivity index (χ2v) is 7.07. The zero-order valence-corrected chi connectivity index (χ0v) is 14.8. The van der Waals surface area contributed by atoms with Crippen molar-refractivity contribution >= 4 is 6.09 Å². The van der Waals surface area contributed by atoms with E-state index in [9.17, 15) is 4.79 Å². The molecule has 0 spiro atoms. The molecular formula is C16H33N3O3. The van der Waals surface area contributed by atoms with Gasteiger partial charge in [-0.3, -0.25) is 0 Å². The molecule has 0 bridgehead atoms. The smallest absolute Gasteiger partial charge is 0.410 e. The molecule has 2 N–H and O–H groups in total. The lowest BCUT2D eigenvalue weighted by atomic mass is 10.1. The van der Waals surface area contributed by atoms with E-state index >= 15 is 0 Å². The van der Waals surface area contributed by atoms with Gasteiger partial charge in [-0.1, -0.05) is 0 Å². The number of morpholine rings is 1. The van der Waals surface area contributed by atoms with Crippen LogP contribution >= 0.6 is 0 Å². The molecular weight excluding hydrogens is 282 g/mol. The summed E-state index contributed by atoms with van der Waals surface area (Å²) in [6, 6.07) is 0.881. The minimum absolute atomic E-state index is 0.260. The molecule has 1 amide bonds. The average Bonchev–Trinajstić information content (AvgIpc) is 2.42. The van der Waals surface area contributed by atoms with E-state index in [0.29, 0.717) is 18.6 Å². The zero-order chi connectivity index (χ0) is 16.6. The van der Waals surface area contributed by atoms with Gasteiger partial charge in [0.25, 0.3) is 0 Å². The Bertz CT molecular complexity index is 325. The van der Waals surface area contributed by atoms with Crippen LogP contribution in [-0.2, 0) is 9.47 Å². The third-order valence-corrected chi connectivity index (χ3v) is 3.50. The van der Waals surface area contributed by atoms with Gasteiger partial charge in [0.2, 0.25) is 0 Å². The van der Waals surface area contributed by atoms with Crippen LogP contribution in [0.15, 0.2) is 0 Å². The summed E-state index contributed by atoms with van der Waals surface area (Å²) >= 11 is 0. The summed E-state index contributed by atoms with van der Waals surface area (Å²) in [5, 5.41) is 6.96. The number of hydrogen-bond donors (Lipinski definition) is 2. The van der Waals surface area contributed by atoms with Crippen LogP contribution in [0.3, 0.4) is 0 Å². The lowest BCUT2D eigenvalue weighted by Gasteiger charge is -2.27. The summed E-state index contributed by atoms with van der Waals surface area (Å²) in [4.78, 5) is 13.4. The van der Waals surface area contributed by atoms with Gasteiger partial charge in [-0.15, -0.1) is 0 Å². The molecule has 1 fully saturated rings. The molecule has 0 saturated carbocycles. The predicted molar refractivity (Wildman–Crippen MR) is 88.2 cm³/mol. The van der Waals surface area contributed by atoms with Crippen molar-refractivity contribution in [1.29, 1.82) is 0 Å². The van der Waals surface area contributed by atoms with Crippen LogP contribution in [-0.4, -0.2) is 68.6 Å². The van der Waals surface area contributed by atoms with E-state index in [4.69, 9.17) is 9.47 Å². The maximum atomic E-state index is 11.8. The maximum absolute atomic E-state index is 11.8. The van der Waals surface area contributed by atoms with Crippen molar-refractivity contribution in [2.24, 2.45) is 0 Å². The van der Waals surface area contributed by atoms with E-state index in [0.717, 1.165) is 39.1 Å². The van der Waals surface area contributed by atoms with Gasteiger partial charge in [-0.25, -0.2) is 4.79 Å². The zero-order valence-electron chi connectivity index (χ0n) is 14.8. The minimum Gasteiger partial charge on any atom is -0.444 e. The Morgan fingerprint density at radius 1 is 1.50 bits per heavy atom. The normalized spacial score (nSPS) is 20.5. The third kappa shape index (κ3) is 8.56. The van der Waals surface area contributed by atoms with E-state index in [2.05, 4.69) is 17.6 Å². The Kier molecular flexibility index (Phi) is 8.14. The molecule has 1 aliphatic heterocycles. The molecule has 2 atom stereocenters. The van der Waals surface area contributed by atoms with Crippen molar-refractivity contribution in [3.05, 3.63) is 0 Å². The molecule has 1 saturated heterocycles. The summed E-state index contributed by atoms with van der Waals surface area (Å²) in [5.74, 6) is 0. The summed E-state index contributed by atoms with van der Waals surface area (Å²) in [7, 11) is 1.78. The lowest BCUT2D eigenvalue weighted by Crippen LogP contribution is -2.45. The van der Waals surface area contributed by atoms with E-state index < -0.39 is 5.60 Å². The Labute approximate surface area is 134 Å². The number of amides is 1. The highest BCUT2D eigenvalue weighted by atomic mass is 16.6. The third-order valence-electron chi connectivity index (χ3n) is 3.50. The molecule has 0 aromatic heterocycles. The standard InChI is InChI=1S/C16H33N3O3/c1-13(11-14-12-21-10-8-18-14)17-7-6-9-19(5)15(20)22-16(2,3)4/h13-14,17-18H,6-12H2,1-5H3. The minimum atomic E-state index is -0.437. The van der Waals surface area contributed by atoms with Crippen molar-refractivity contribution in [2.75, 3.05) is 39.9 Å². The molecule has 0 aromatic rings. The fraction of sp³-hybridized carbons (Fsp3) is 0.938. The Morgan fingerprint density at radius 3 is 2.82 bits per heavy atom. The quantitative estimate of drug-likeness (QED) is 0.699. The summed E-state index contributed by atoms with van der Waals surface area (Å²) in [6.45, 7) is 12.0. The predicted octanol–water partition coefficient (Wildman–Crippen LogP) is 1.60. The molecule has 0 radical (unpaired) electrons. The van der Waals surface area contributed by atoms with Crippen LogP contribution in [0.4, 0.5) is 4.79 Å². The highest BCUT2D eigenvalue weighted by Crippen LogP contribution is 2.09. The van der Waals surface area contributed by atoms with Crippen LogP contribution in [0.5, 0.6) is 0 Å². The van der Waals surface area contributed by atoms with Gasteiger partial charge < -0.3 is 25.0 Å². The van der Waals surface area contributed by atoms with Crippen LogP contribution in [0.25, 0.3) is 0 Å². The van der Waals surface area contributed by atoms with Crippen LogP contribution < -0.4 is 10.6 Å². The Hall–Kier alpha value is -0.850. The molecule has 6 nitrogen and oxygen atoms in total. The summed E-state index contributed by atoms with van der Waals surface area (Å²) in [5.41, 5.74) is -0.437. The first-order valence-corrected chi connectivity index (χ1v) is 8.26. The van der Waals surface area contributed by atoms with Gasteiger partial charge in [0.15, 0.2) is 0 Å². The van der Waals surface area contributed by atoms with E-state index in [1.165, 1.54) is 0 Å². The average molecular weight is 315 g/mol. The first kappa shape index (κ1) is 19.2. The SMILES string of the molecule is CC(CC1COCCN1)NCCCN(C)C(=O)OC(C)(C)C. The highest BCUT2D eigenvalue weighted by molar-refractivity contribution is 5.67. The molecule has 0 aliphatic carbocycles. The van der Waals surface area contributed by atoms with Gasteiger partial charge in [0, 0.05) is 32.2 Å². The van der Waals surface area contributed by atoms with Gasteiger partial charge >= 0.3 is 6.09 Å². The van der Waals surface area contributed by atoms with Crippen LogP contribution in [0.2, 0.25) is 0 Å². The number of carbonyl (C=O) groups excluding carboxylic acids is 1. The number of hydrogen-bond acceptors (Lipinski definition) is 5. The summed E-state index contributed by atoms with van der Waals surface area (Å²) < 4.78 is 10.8. The monoisotopic (exact) mass is 315 g/mol. The van der Waals surface area contributed by atoms with Gasteiger partial charge in [-0.05, 0) is 47.1 Å². The summed E-state index contributed by atoms with van der Waals surface area (Å²) in [6.07, 6.45) is 1.71. The number of carbonyl (C=O) groups is 1. The van der Waals surface area contributed by atoms with Gasteiger partial charge in [0.05, 0.1) is 13.2 Å². The Morgan fingerprint density at radius 2 is 2.23 bits per heavy atom. The van der Waals surface area contributed by atoms with Crippen molar-refractivity contribution in [3.8, 4) is 0 Å². The molecule has 22 heavy (non-hydrogen) atoms. The van der Waals surface area contributed by atoms with E-state index in [1.807, 2.05) is 20.8 Å². The molecule has 130 valence electrons. The highest BCUT2D eigenvalue weighted by Gasteiger charge is 2.19. The number of rotatable bonds is 7. The fourth-order valence-corrected chi connectivity index (χ4v) is 2.38. The number of nitrogens with zero attached hydrogens (tertiary/aromatic N) is 1. The Balaban J connectivity index is 2.09. The first-order valence-electron chi connectivity index (χ1n) is 8.26. The van der Waals surface area contributed by atoms with Crippen molar-refractivity contribution < 1.29 is 14.3 Å². The molecule has 1 heterocycles. The molecule has 1 aliphatic rings. The molecule has 2 unspecified atom stereocenters. The van der Waals surface area contributed by atoms with E-state index in [-0.39, 0.29) is 6.09 Å². The van der Waals surface area contributed by atoms with Crippen molar-refractivity contribution in [3.63, 3.8) is 0 Å². The van der Waals surface area contributed by atoms with Crippen LogP contribution in [0.1, 0.15) is 40.5 Å². The molecule has 0 aromatic carbocycles. The van der Waals surface area contributed by atoms with Crippen molar-refractivity contribution in [2.45, 2.75) is 58.2 Å². The van der Waals surface area contributed by atoms with Crippen LogP contribution in [0, 0.1) is 0 Å². The first-order chi connectivity index (χ1) is 10.3. The van der Waals surface area contributed by atoms with Gasteiger partial charge in [-0.2, -0.15) is 0 Å². The lowest BCUT2D eigenvalue weighted by molar-refractivity contribution is 0.0297. The number of nitrogens with one attached hydrogen (secondary N) is 2. The largest absolute Gasteiger partial charge is 0.444 e. The topological polar surface area (TPSA) is 62.8 Å². The van der Waals surface area contributed by atoms with Crippen molar-refractivity contribution in [1.82, 2.24) is 15.5 Å². The van der Waals surface area contributed by atoms with Gasteiger partial charge in [0.1, 0.15) is 5.60 Å².